The molecule has 0 bridgehead atoms. The number of carbonyl (C=O) groups is 2. The molecule has 2 amide bonds. The minimum atomic E-state index is -0.352. The minimum Gasteiger partial charge on any atom is -0.496 e. The van der Waals surface area contributed by atoms with Crippen molar-refractivity contribution in [3.05, 3.63) is 53.1 Å². The number of hydrazone groups is 1. The van der Waals surface area contributed by atoms with Crippen molar-refractivity contribution in [2.45, 2.75) is 20.3 Å². The van der Waals surface area contributed by atoms with Crippen molar-refractivity contribution in [3.8, 4) is 5.75 Å². The van der Waals surface area contributed by atoms with Gasteiger partial charge >= 0.3 is 0 Å². The number of amides is 2. The number of thiol groups is 1. The third kappa shape index (κ3) is 3.82. The van der Waals surface area contributed by atoms with E-state index in [9.17, 15) is 9.59 Å². The van der Waals surface area contributed by atoms with E-state index in [1.54, 1.807) is 30.3 Å². The number of benzene rings is 2. The number of rotatable bonds is 4. The molecule has 0 radical (unpaired) electrons. The second kappa shape index (κ2) is 7.93. The van der Waals surface area contributed by atoms with E-state index in [2.05, 4.69) is 23.3 Å². The highest BCUT2D eigenvalue weighted by atomic mass is 32.1. The normalized spacial score (nSPS) is 16.2. The van der Waals surface area contributed by atoms with Crippen LogP contribution in [0.2, 0.25) is 0 Å². The van der Waals surface area contributed by atoms with Crippen LogP contribution in [0.15, 0.2) is 41.5 Å². The number of ether oxygens (including phenoxy) is 1. The number of hydrogen-bond acceptors (Lipinski definition) is 6. The zero-order valence-electron chi connectivity index (χ0n) is 15.9. The number of carbonyl (C=O) groups excluding carboxylic acids is 2. The molecule has 2 aromatic rings. The average molecular weight is 398 g/mol. The van der Waals surface area contributed by atoms with Crippen LogP contribution in [0.3, 0.4) is 0 Å². The van der Waals surface area contributed by atoms with Crippen molar-refractivity contribution in [2.75, 3.05) is 17.1 Å². The fourth-order valence-corrected chi connectivity index (χ4v) is 3.40. The van der Waals surface area contributed by atoms with Gasteiger partial charge in [0.2, 0.25) is 5.91 Å². The Morgan fingerprint density at radius 3 is 2.71 bits per heavy atom. The van der Waals surface area contributed by atoms with Gasteiger partial charge in [0.15, 0.2) is 0 Å². The first-order chi connectivity index (χ1) is 13.3. The van der Waals surface area contributed by atoms with Gasteiger partial charge in [0.25, 0.3) is 5.91 Å². The van der Waals surface area contributed by atoms with E-state index in [0.717, 1.165) is 16.8 Å². The molecule has 1 aliphatic heterocycles. The number of aryl methyl sites for hydroxylation is 1. The fourth-order valence-electron chi connectivity index (χ4n) is 3.11. The number of nitrogens with zero attached hydrogens (tertiary/aromatic N) is 2. The Morgan fingerprint density at radius 2 is 2.07 bits per heavy atom. The fraction of sp³-hybridized carbons (Fsp3) is 0.250. The van der Waals surface area contributed by atoms with Crippen LogP contribution >= 0.6 is 12.8 Å². The summed E-state index contributed by atoms with van der Waals surface area (Å²) in [6.07, 6.45) is 0.366. The van der Waals surface area contributed by atoms with Gasteiger partial charge in [-0.05, 0) is 36.8 Å². The van der Waals surface area contributed by atoms with Crippen molar-refractivity contribution in [3.63, 3.8) is 0 Å². The van der Waals surface area contributed by atoms with E-state index < -0.39 is 0 Å². The van der Waals surface area contributed by atoms with E-state index in [1.165, 1.54) is 11.4 Å². The predicted octanol–water partition coefficient (Wildman–Crippen LogP) is 2.94. The molecule has 1 atom stereocenters. The van der Waals surface area contributed by atoms with Gasteiger partial charge in [-0.3, -0.25) is 13.9 Å². The van der Waals surface area contributed by atoms with Crippen LogP contribution in [0.25, 0.3) is 0 Å². The summed E-state index contributed by atoms with van der Waals surface area (Å²) in [5.74, 6) is -0.0137. The summed E-state index contributed by atoms with van der Waals surface area (Å²) in [7, 11) is 1.52. The molecule has 8 heteroatoms. The van der Waals surface area contributed by atoms with Crippen molar-refractivity contribution < 1.29 is 14.3 Å². The molecule has 3 N–H and O–H groups in total. The Bertz CT molecular complexity index is 974. The number of nitrogens with two attached hydrogens (primary N) is 1. The Balaban J connectivity index is 1.90. The summed E-state index contributed by atoms with van der Waals surface area (Å²) < 4.78 is 6.51. The number of nitrogens with one attached hydrogen (secondary N) is 1. The molecule has 2 aromatic carbocycles. The molecular weight excluding hydrogens is 376 g/mol. The molecule has 0 spiro atoms. The minimum absolute atomic E-state index is 0.0236. The van der Waals surface area contributed by atoms with Crippen LogP contribution in [-0.4, -0.2) is 24.6 Å². The Kier molecular flexibility index (Phi) is 5.60. The van der Waals surface area contributed by atoms with Crippen molar-refractivity contribution in [1.82, 2.24) is 5.43 Å². The first-order valence-electron chi connectivity index (χ1n) is 8.76. The second-order valence-electron chi connectivity index (χ2n) is 6.73. The lowest BCUT2D eigenvalue weighted by atomic mass is 9.93. The van der Waals surface area contributed by atoms with Crippen LogP contribution in [0.5, 0.6) is 5.75 Å². The lowest BCUT2D eigenvalue weighted by Crippen LogP contribution is -2.32. The Morgan fingerprint density at radius 1 is 1.32 bits per heavy atom. The van der Waals surface area contributed by atoms with Gasteiger partial charge in [-0.15, -0.1) is 0 Å². The lowest BCUT2D eigenvalue weighted by Gasteiger charge is -2.22. The molecule has 1 heterocycles. The molecule has 3 rings (SSSR count). The molecule has 1 unspecified atom stereocenters. The van der Waals surface area contributed by atoms with E-state index in [0.29, 0.717) is 29.1 Å². The zero-order valence-corrected chi connectivity index (χ0v) is 16.8. The molecule has 7 nitrogen and oxygen atoms in total. The summed E-state index contributed by atoms with van der Waals surface area (Å²) in [5.41, 5.74) is 12.4. The third-order valence-electron chi connectivity index (χ3n) is 4.59. The van der Waals surface area contributed by atoms with Crippen LogP contribution < -0.4 is 20.2 Å². The molecule has 0 fully saturated rings. The Hall–Kier alpha value is -3.00. The maximum atomic E-state index is 12.9. The number of nitrogen functional groups attached to an aromatic ring is 1. The highest BCUT2D eigenvalue weighted by Gasteiger charge is 2.24. The average Bonchev–Trinajstić information content (AvgIpc) is 2.66. The molecule has 28 heavy (non-hydrogen) atoms. The highest BCUT2D eigenvalue weighted by Crippen LogP contribution is 2.31. The second-order valence-corrected chi connectivity index (χ2v) is 7.13. The number of methoxy groups -OCH3 is 1. The first kappa shape index (κ1) is 19.8. The zero-order chi connectivity index (χ0) is 20.4. The SMILES string of the molecule is COc1cc(C)ccc1C(=O)N(S)c1ccc(C2=NNC(=O)CC2C)cc1N. The maximum absolute atomic E-state index is 12.9. The lowest BCUT2D eigenvalue weighted by molar-refractivity contribution is -0.121. The summed E-state index contributed by atoms with van der Waals surface area (Å²) in [4.78, 5) is 24.3. The summed E-state index contributed by atoms with van der Waals surface area (Å²) in [6.45, 7) is 3.85. The van der Waals surface area contributed by atoms with Crippen molar-refractivity contribution in [2.24, 2.45) is 11.0 Å². The monoisotopic (exact) mass is 398 g/mol. The van der Waals surface area contributed by atoms with Crippen molar-refractivity contribution >= 4 is 41.7 Å². The van der Waals surface area contributed by atoms with E-state index in [-0.39, 0.29) is 17.7 Å². The largest absolute Gasteiger partial charge is 0.496 e. The van der Waals surface area contributed by atoms with Gasteiger partial charge in [0.05, 0.1) is 29.8 Å². The molecule has 0 saturated heterocycles. The summed E-state index contributed by atoms with van der Waals surface area (Å²) in [6, 6.07) is 10.6. The van der Waals surface area contributed by atoms with Gasteiger partial charge in [-0.25, -0.2) is 5.43 Å². The van der Waals surface area contributed by atoms with Crippen LogP contribution in [-0.2, 0) is 4.79 Å². The molecule has 0 aliphatic carbocycles. The number of anilines is 2. The van der Waals surface area contributed by atoms with E-state index in [1.807, 2.05) is 19.9 Å². The first-order valence-corrected chi connectivity index (χ1v) is 9.16. The summed E-state index contributed by atoms with van der Waals surface area (Å²) >= 11 is 4.36. The smallest absolute Gasteiger partial charge is 0.272 e. The third-order valence-corrected chi connectivity index (χ3v) is 4.99. The summed E-state index contributed by atoms with van der Waals surface area (Å²) in [5, 5.41) is 4.14. The van der Waals surface area contributed by atoms with E-state index >= 15 is 0 Å². The predicted molar refractivity (Wildman–Crippen MR) is 113 cm³/mol. The van der Waals surface area contributed by atoms with Gasteiger partial charge in [0, 0.05) is 17.9 Å². The highest BCUT2D eigenvalue weighted by molar-refractivity contribution is 7.82. The van der Waals surface area contributed by atoms with Crippen LogP contribution in [0.4, 0.5) is 11.4 Å². The number of hydrogen-bond donors (Lipinski definition) is 3. The van der Waals surface area contributed by atoms with Crippen LogP contribution in [0.1, 0.15) is 34.8 Å². The van der Waals surface area contributed by atoms with E-state index in [4.69, 9.17) is 10.5 Å². The van der Waals surface area contributed by atoms with Gasteiger partial charge in [0.1, 0.15) is 5.75 Å². The Labute approximate surface area is 169 Å². The van der Waals surface area contributed by atoms with Crippen molar-refractivity contribution in [1.29, 1.82) is 0 Å². The molecular formula is C20H22N4O3S. The van der Waals surface area contributed by atoms with Crippen LogP contribution in [0, 0.1) is 12.8 Å². The topological polar surface area (TPSA) is 97.0 Å². The maximum Gasteiger partial charge on any atom is 0.272 e. The van der Waals surface area contributed by atoms with Gasteiger partial charge < -0.3 is 10.5 Å². The molecule has 0 aromatic heterocycles. The quantitative estimate of drug-likeness (QED) is 0.545. The molecule has 146 valence electrons. The standard InChI is InChI=1S/C20H22N4O3S/c1-11-4-6-14(17(8-11)27-3)20(26)24(28)16-7-5-13(10-15(16)21)19-12(2)9-18(25)22-23-19/h4-8,10,12,28H,9,21H2,1-3H3,(H,22,25). The molecule has 0 saturated carbocycles. The van der Waals surface area contributed by atoms with Gasteiger partial charge in [-0.1, -0.05) is 31.9 Å². The molecule has 1 aliphatic rings. The van der Waals surface area contributed by atoms with Gasteiger partial charge in [-0.2, -0.15) is 5.10 Å².